The molecule has 0 spiro atoms. The van der Waals surface area contributed by atoms with Gasteiger partial charge in [-0.05, 0) is 63.7 Å². The highest BCUT2D eigenvalue weighted by atomic mass is 19.1. The summed E-state index contributed by atoms with van der Waals surface area (Å²) in [5.41, 5.74) is -2.49. The molecule has 7 heteroatoms. The first-order valence-electron chi connectivity index (χ1n) is 15.6. The normalized spacial score (nSPS) is 17.5. The maximum absolute atomic E-state index is 14.4. The van der Waals surface area contributed by atoms with Crippen LogP contribution in [0.4, 0.5) is 15.8 Å². The quantitative estimate of drug-likeness (QED) is 0.458. The van der Waals surface area contributed by atoms with Crippen LogP contribution < -0.4 is 10.1 Å². The van der Waals surface area contributed by atoms with Gasteiger partial charge in [0.2, 0.25) is 0 Å². The number of anilines is 2. The maximum Gasteiger partial charge on any atom is 0.159 e. The molecule has 3 aromatic rings. The molecule has 6 nitrogen and oxygen atoms in total. The van der Waals surface area contributed by atoms with Crippen molar-refractivity contribution in [1.29, 1.82) is 5.26 Å². The van der Waals surface area contributed by atoms with E-state index in [0.717, 1.165) is 17.9 Å². The van der Waals surface area contributed by atoms with Gasteiger partial charge in [0, 0.05) is 45.9 Å². The summed E-state index contributed by atoms with van der Waals surface area (Å²) in [6.07, 6.45) is -0.658. The van der Waals surface area contributed by atoms with Gasteiger partial charge in [0.1, 0.15) is 17.6 Å². The molecule has 1 N–H and O–H groups in total. The number of ketones is 1. The van der Waals surface area contributed by atoms with E-state index in [0.29, 0.717) is 0 Å². The van der Waals surface area contributed by atoms with Crippen molar-refractivity contribution >= 4 is 28.1 Å². The van der Waals surface area contributed by atoms with Crippen LogP contribution in [-0.2, 0) is 11.2 Å². The van der Waals surface area contributed by atoms with Gasteiger partial charge in [0.25, 0.3) is 0 Å². The lowest BCUT2D eigenvalue weighted by Gasteiger charge is -2.15. The predicted molar refractivity (Wildman–Crippen MR) is 128 cm³/mol. The van der Waals surface area contributed by atoms with Crippen LogP contribution in [0, 0.1) is 24.1 Å². The molecule has 2 aromatic carbocycles. The fraction of sp³-hybridized carbons (Fsp3) is 0.269. The molecule has 0 radical (unpaired) electrons. The summed E-state index contributed by atoms with van der Waals surface area (Å²) >= 11 is 0. The molecule has 0 saturated heterocycles. The average molecular weight is 459 g/mol. The minimum absolute atomic E-state index is 0.303. The van der Waals surface area contributed by atoms with Gasteiger partial charge in [-0.3, -0.25) is 9.78 Å². The zero-order chi connectivity index (χ0) is 34.3. The fourth-order valence-corrected chi connectivity index (χ4v) is 2.78. The number of pyridine rings is 1. The SMILES string of the molecule is [2H]/C(=C\C(=O)Cc1c(OC([2H])([2H])C)c([2H])c2nc([2H])c(C#N)c(Nc3c([2H])c([2H])c(F)c(C)c3[2H])c2c1[2H])CN(C)C([2H])([2H])[2H]. The number of aromatic nitrogens is 1. The monoisotopic (exact) mass is 458 g/mol. The molecule has 1 heterocycles. The van der Waals surface area contributed by atoms with E-state index in [2.05, 4.69) is 10.3 Å². The van der Waals surface area contributed by atoms with E-state index in [1.54, 1.807) is 6.07 Å². The third-order valence-electron chi connectivity index (χ3n) is 4.25. The molecule has 0 aliphatic heterocycles. The van der Waals surface area contributed by atoms with E-state index in [4.69, 9.17) is 21.2 Å². The Morgan fingerprint density at radius 1 is 1.48 bits per heavy atom. The zero-order valence-electron chi connectivity index (χ0n) is 30.0. The van der Waals surface area contributed by atoms with Gasteiger partial charge in [-0.15, -0.1) is 0 Å². The second-order valence-corrected chi connectivity index (χ2v) is 6.83. The molecule has 0 fully saturated rings. The number of fused-ring (bicyclic) bond motifs is 1. The molecular weight excluding hydrogens is 419 g/mol. The number of nitrogens with one attached hydrogen (secondary N) is 1. The van der Waals surface area contributed by atoms with Crippen molar-refractivity contribution in [3.63, 3.8) is 0 Å². The third-order valence-corrected chi connectivity index (χ3v) is 4.25. The molecule has 0 aliphatic rings. The predicted octanol–water partition coefficient (Wildman–Crippen LogP) is 4.93. The largest absolute Gasteiger partial charge is 0.494 e. The molecule has 33 heavy (non-hydrogen) atoms. The van der Waals surface area contributed by atoms with Crippen LogP contribution >= 0.6 is 0 Å². The van der Waals surface area contributed by atoms with Crippen LogP contribution in [0.1, 0.15) is 40.1 Å². The van der Waals surface area contributed by atoms with Crippen LogP contribution in [0.2, 0.25) is 0 Å². The number of hydrogen-bond donors (Lipinski definition) is 1. The fourth-order valence-electron chi connectivity index (χ4n) is 2.78. The Morgan fingerprint density at radius 2 is 2.30 bits per heavy atom. The number of carbonyl (C=O) groups is 1. The number of nitriles is 1. The third kappa shape index (κ3) is 5.93. The highest BCUT2D eigenvalue weighted by Crippen LogP contribution is 2.34. The van der Waals surface area contributed by atoms with E-state index < -0.39 is 109 Å². The Morgan fingerprint density at radius 3 is 3.03 bits per heavy atom. The summed E-state index contributed by atoms with van der Waals surface area (Å²) in [4.78, 5) is 17.8. The molecule has 0 saturated carbocycles. The van der Waals surface area contributed by atoms with Crippen molar-refractivity contribution in [2.45, 2.75) is 20.3 Å². The lowest BCUT2D eigenvalue weighted by atomic mass is 10.0. The number of carbonyl (C=O) groups excluding carboxylic acids is 1. The molecule has 0 bridgehead atoms. The van der Waals surface area contributed by atoms with Crippen LogP contribution in [0.15, 0.2) is 48.5 Å². The molecule has 3 rings (SSSR count). The Labute approximate surface area is 210 Å². The highest BCUT2D eigenvalue weighted by Gasteiger charge is 2.16. The minimum Gasteiger partial charge on any atom is -0.494 e. The highest BCUT2D eigenvalue weighted by molar-refractivity contribution is 5.98. The van der Waals surface area contributed by atoms with Gasteiger partial charge in [-0.1, -0.05) is 6.05 Å². The van der Waals surface area contributed by atoms with Crippen LogP contribution in [0.3, 0.4) is 0 Å². The van der Waals surface area contributed by atoms with Crippen molar-refractivity contribution < 1.29 is 30.4 Å². The lowest BCUT2D eigenvalue weighted by molar-refractivity contribution is -0.114. The molecule has 170 valence electrons. The zero-order valence-corrected chi connectivity index (χ0v) is 18.0. The molecular formula is C26H27FN4O2. The standard InChI is InChI=1S/C26H27FN4O2/c1-5-33-25-14-24-22(13-18(25)12-21(32)7-6-10-31(3)4)26(19(15-28)16-29-24)30-20-8-9-23(27)17(2)11-20/h6-9,11,13-14,16H,5,10,12H2,1-4H3,(H,29,30)/b7-6+/i3D3,5D2,6D,8D,9D,11D,13D,14D,16D. The van der Waals surface area contributed by atoms with Crippen molar-refractivity contribution in [2.75, 3.05) is 32.4 Å². The van der Waals surface area contributed by atoms with Gasteiger partial charge in [-0.25, -0.2) is 4.39 Å². The number of ether oxygens (including phenoxy) is 1. The van der Waals surface area contributed by atoms with E-state index in [1.165, 1.54) is 14.0 Å². The Bertz CT molecular complexity index is 1750. The van der Waals surface area contributed by atoms with Gasteiger partial charge in [0.15, 0.2) is 5.78 Å². The van der Waals surface area contributed by atoms with E-state index in [-0.39, 0.29) is 16.5 Å². The van der Waals surface area contributed by atoms with Crippen molar-refractivity contribution in [2.24, 2.45) is 0 Å². The molecule has 1 aromatic heterocycles. The number of hydrogen-bond acceptors (Lipinski definition) is 6. The van der Waals surface area contributed by atoms with Crippen molar-refractivity contribution in [3.05, 3.63) is 71.0 Å². The number of halogens is 1. The summed E-state index contributed by atoms with van der Waals surface area (Å²) in [6, 6.07) is -2.17. The van der Waals surface area contributed by atoms with Crippen molar-refractivity contribution in [3.8, 4) is 11.8 Å². The van der Waals surface area contributed by atoms with Crippen LogP contribution in [0.5, 0.6) is 5.75 Å². The minimum atomic E-state index is -2.54. The van der Waals surface area contributed by atoms with E-state index in [1.807, 2.05) is 0 Å². The van der Waals surface area contributed by atoms with Gasteiger partial charge < -0.3 is 15.0 Å². The molecule has 0 aliphatic carbocycles. The first-order valence-corrected chi connectivity index (χ1v) is 9.60. The van der Waals surface area contributed by atoms with E-state index >= 15 is 0 Å². The number of allylic oxidation sites excluding steroid dienone is 1. The lowest BCUT2D eigenvalue weighted by Crippen LogP contribution is -2.11. The van der Waals surface area contributed by atoms with E-state index in [9.17, 15) is 14.4 Å². The molecule has 0 atom stereocenters. The molecule has 0 unspecified atom stereocenters. The van der Waals surface area contributed by atoms with Crippen molar-refractivity contribution in [1.82, 2.24) is 9.88 Å². The summed E-state index contributed by atoms with van der Waals surface area (Å²) in [5.74, 6) is -2.55. The summed E-state index contributed by atoms with van der Waals surface area (Å²) in [7, 11) is 1.22. The van der Waals surface area contributed by atoms with Gasteiger partial charge >= 0.3 is 0 Å². The Balaban J connectivity index is 2.36. The van der Waals surface area contributed by atoms with Gasteiger partial charge in [0.05, 0.1) is 35.7 Å². The summed E-state index contributed by atoms with van der Waals surface area (Å²) in [5, 5.41) is 12.1. The number of rotatable bonds is 9. The Kier molecular flexibility index (Phi) is 4.05. The van der Waals surface area contributed by atoms with Crippen LogP contribution in [-0.4, -0.2) is 42.8 Å². The number of benzene rings is 2. The van der Waals surface area contributed by atoms with Gasteiger partial charge in [-0.2, -0.15) is 5.26 Å². The molecule has 0 amide bonds. The summed E-state index contributed by atoms with van der Waals surface area (Å²) < 4.78 is 116. The topological polar surface area (TPSA) is 78.2 Å². The first-order chi connectivity index (χ1) is 20.6. The second kappa shape index (κ2) is 10.7. The van der Waals surface area contributed by atoms with Crippen LogP contribution in [0.25, 0.3) is 10.9 Å². The maximum atomic E-state index is 14.4. The number of likely N-dealkylation sites (N-methyl/N-ethyl adjacent to an activating group) is 1. The Hall–Kier alpha value is -3.76. The number of nitrogens with zero attached hydrogens (tertiary/aromatic N) is 3. The summed E-state index contributed by atoms with van der Waals surface area (Å²) in [6.45, 7) is -3.24. The average Bonchev–Trinajstić information content (AvgIpc) is 2.92. The smallest absolute Gasteiger partial charge is 0.159 e. The first kappa shape index (κ1) is 12.5. The second-order valence-electron chi connectivity index (χ2n) is 6.83.